The van der Waals surface area contributed by atoms with E-state index >= 15 is 0 Å². The fourth-order valence-corrected chi connectivity index (χ4v) is 5.25. The van der Waals surface area contributed by atoms with Crippen LogP contribution in [0.25, 0.3) is 22.3 Å². The molecule has 146 valence electrons. The summed E-state index contributed by atoms with van der Waals surface area (Å²) in [5.41, 5.74) is 1.19. The Balaban J connectivity index is 1.54. The number of pyridine rings is 2. The highest BCUT2D eigenvalue weighted by Crippen LogP contribution is 2.46. The second kappa shape index (κ2) is 6.69. The monoisotopic (exact) mass is 402 g/mol. The molecule has 0 aliphatic heterocycles. The van der Waals surface area contributed by atoms with Gasteiger partial charge in [0.05, 0.1) is 5.02 Å². The number of rotatable bonds is 3. The van der Waals surface area contributed by atoms with Gasteiger partial charge in [0.1, 0.15) is 11.3 Å². The molecule has 28 heavy (non-hydrogen) atoms. The van der Waals surface area contributed by atoms with E-state index in [4.69, 9.17) is 11.6 Å². The van der Waals surface area contributed by atoms with Crippen molar-refractivity contribution in [2.75, 3.05) is 5.32 Å². The van der Waals surface area contributed by atoms with Crippen LogP contribution in [0.4, 0.5) is 14.6 Å². The fourth-order valence-electron chi connectivity index (χ4n) is 5.09. The summed E-state index contributed by atoms with van der Waals surface area (Å²) < 4.78 is 29.2. The normalized spacial score (nSPS) is 26.7. The molecule has 0 aromatic carbocycles. The molecular formula is C21H21ClF2N4. The minimum atomic E-state index is -0.706. The summed E-state index contributed by atoms with van der Waals surface area (Å²) >= 11 is 6.05. The third kappa shape index (κ3) is 2.85. The summed E-state index contributed by atoms with van der Waals surface area (Å²) in [5, 5.41) is 4.41. The molecule has 0 spiro atoms. The van der Waals surface area contributed by atoms with Crippen LogP contribution in [0.2, 0.25) is 5.02 Å². The van der Waals surface area contributed by atoms with Crippen LogP contribution in [0, 0.1) is 29.4 Å². The Morgan fingerprint density at radius 2 is 1.86 bits per heavy atom. The van der Waals surface area contributed by atoms with E-state index in [2.05, 4.69) is 27.2 Å². The number of halogens is 3. The number of fused-ring (bicyclic) bond motifs is 4. The second-order valence-corrected chi connectivity index (χ2v) is 8.54. The summed E-state index contributed by atoms with van der Waals surface area (Å²) in [6, 6.07) is 2.79. The van der Waals surface area contributed by atoms with Gasteiger partial charge in [0.15, 0.2) is 17.5 Å². The SMILES string of the molecule is CC1C2CCC(CC2)C1Nc1nc(-c2c[nH]c3ncc(Cl)cc23)c(F)cc1F. The van der Waals surface area contributed by atoms with Crippen LogP contribution in [-0.2, 0) is 0 Å². The zero-order valence-electron chi connectivity index (χ0n) is 15.5. The molecule has 3 heterocycles. The zero-order chi connectivity index (χ0) is 19.4. The molecule has 2 unspecified atom stereocenters. The highest BCUT2D eigenvalue weighted by atomic mass is 35.5. The number of nitrogens with zero attached hydrogens (tertiary/aromatic N) is 2. The van der Waals surface area contributed by atoms with E-state index in [0.717, 1.165) is 18.9 Å². The molecule has 3 aromatic rings. The van der Waals surface area contributed by atoms with E-state index in [1.54, 1.807) is 12.3 Å². The van der Waals surface area contributed by atoms with Crippen LogP contribution in [0.1, 0.15) is 32.6 Å². The van der Waals surface area contributed by atoms with E-state index in [1.165, 1.54) is 19.0 Å². The van der Waals surface area contributed by atoms with Gasteiger partial charge in [-0.25, -0.2) is 18.7 Å². The van der Waals surface area contributed by atoms with Crippen molar-refractivity contribution < 1.29 is 8.78 Å². The largest absolute Gasteiger partial charge is 0.364 e. The van der Waals surface area contributed by atoms with Crippen LogP contribution in [0.5, 0.6) is 0 Å². The van der Waals surface area contributed by atoms with Gasteiger partial charge < -0.3 is 10.3 Å². The summed E-state index contributed by atoms with van der Waals surface area (Å²) in [5.74, 6) is 0.398. The number of aromatic nitrogens is 3. The quantitative estimate of drug-likeness (QED) is 0.582. The standard InChI is InChI=1S/C21H21ClF2N4/c1-10-11-2-4-12(5-3-11)18(10)27-21-17(24)7-16(23)19(28-21)15-9-26-20-14(15)6-13(22)8-25-20/h6-12,18H,2-5H2,1H3,(H,25,26)(H,27,28). The third-order valence-electron chi connectivity index (χ3n) is 6.62. The molecule has 7 heteroatoms. The Bertz CT molecular complexity index is 1040. The first-order valence-corrected chi connectivity index (χ1v) is 10.1. The molecule has 0 amide bonds. The van der Waals surface area contributed by atoms with Gasteiger partial charge in [-0.3, -0.25) is 0 Å². The predicted molar refractivity (Wildman–Crippen MR) is 106 cm³/mol. The first-order valence-electron chi connectivity index (χ1n) is 9.77. The Hall–Kier alpha value is -2.21. The first-order chi connectivity index (χ1) is 13.5. The maximum absolute atomic E-state index is 14.6. The topological polar surface area (TPSA) is 53.6 Å². The summed E-state index contributed by atoms with van der Waals surface area (Å²) in [6.45, 7) is 2.23. The van der Waals surface area contributed by atoms with Crippen molar-refractivity contribution >= 4 is 28.5 Å². The lowest BCUT2D eigenvalue weighted by Crippen LogP contribution is -2.47. The summed E-state index contributed by atoms with van der Waals surface area (Å²) in [4.78, 5) is 11.5. The van der Waals surface area contributed by atoms with Crippen LogP contribution >= 0.6 is 11.6 Å². The average molecular weight is 403 g/mol. The molecule has 0 radical (unpaired) electrons. The Morgan fingerprint density at radius 3 is 2.61 bits per heavy atom. The van der Waals surface area contributed by atoms with Crippen molar-refractivity contribution in [3.8, 4) is 11.3 Å². The minimum Gasteiger partial charge on any atom is -0.364 e. The predicted octanol–water partition coefficient (Wildman–Crippen LogP) is 5.79. The van der Waals surface area contributed by atoms with Gasteiger partial charge in [-0.1, -0.05) is 18.5 Å². The van der Waals surface area contributed by atoms with Gasteiger partial charge in [0.25, 0.3) is 0 Å². The summed E-state index contributed by atoms with van der Waals surface area (Å²) in [6.07, 6.45) is 7.97. The zero-order valence-corrected chi connectivity index (χ0v) is 16.2. The highest BCUT2D eigenvalue weighted by molar-refractivity contribution is 6.31. The second-order valence-electron chi connectivity index (χ2n) is 8.11. The molecule has 3 saturated carbocycles. The van der Waals surface area contributed by atoms with Crippen molar-refractivity contribution in [2.24, 2.45) is 17.8 Å². The van der Waals surface area contributed by atoms with Gasteiger partial charge >= 0.3 is 0 Å². The Labute approximate surface area is 166 Å². The molecule has 2 atom stereocenters. The van der Waals surface area contributed by atoms with Crippen molar-refractivity contribution in [3.63, 3.8) is 0 Å². The molecule has 3 aliphatic rings. The molecule has 3 fully saturated rings. The smallest absolute Gasteiger partial charge is 0.168 e. The molecule has 6 rings (SSSR count). The van der Waals surface area contributed by atoms with Gasteiger partial charge in [0.2, 0.25) is 0 Å². The van der Waals surface area contributed by atoms with Crippen molar-refractivity contribution in [3.05, 3.63) is 41.2 Å². The maximum atomic E-state index is 14.6. The lowest BCUT2D eigenvalue weighted by Gasteiger charge is -2.47. The number of hydrogen-bond acceptors (Lipinski definition) is 3. The number of aromatic amines is 1. The van der Waals surface area contributed by atoms with E-state index in [0.29, 0.717) is 39.4 Å². The molecule has 4 nitrogen and oxygen atoms in total. The highest BCUT2D eigenvalue weighted by Gasteiger charge is 2.41. The van der Waals surface area contributed by atoms with E-state index in [9.17, 15) is 8.78 Å². The van der Waals surface area contributed by atoms with Crippen LogP contribution in [-0.4, -0.2) is 21.0 Å². The molecular weight excluding hydrogens is 382 g/mol. The van der Waals surface area contributed by atoms with Crippen LogP contribution in [0.15, 0.2) is 24.5 Å². The van der Waals surface area contributed by atoms with Gasteiger partial charge in [0, 0.05) is 35.5 Å². The van der Waals surface area contributed by atoms with Crippen LogP contribution < -0.4 is 5.32 Å². The third-order valence-corrected chi connectivity index (χ3v) is 6.83. The first kappa shape index (κ1) is 17.9. The molecule has 3 aromatic heterocycles. The van der Waals surface area contributed by atoms with Crippen molar-refractivity contribution in [1.82, 2.24) is 15.0 Å². The van der Waals surface area contributed by atoms with Crippen LogP contribution in [0.3, 0.4) is 0 Å². The average Bonchev–Trinajstić information content (AvgIpc) is 3.09. The van der Waals surface area contributed by atoms with E-state index < -0.39 is 11.6 Å². The lowest BCUT2D eigenvalue weighted by atomic mass is 9.62. The maximum Gasteiger partial charge on any atom is 0.168 e. The number of anilines is 1. The lowest BCUT2D eigenvalue weighted by molar-refractivity contribution is 0.0926. The van der Waals surface area contributed by atoms with E-state index in [1.807, 2.05) is 0 Å². The number of nitrogens with one attached hydrogen (secondary N) is 2. The number of hydrogen-bond donors (Lipinski definition) is 2. The fraction of sp³-hybridized carbons (Fsp3) is 0.429. The summed E-state index contributed by atoms with van der Waals surface area (Å²) in [7, 11) is 0. The van der Waals surface area contributed by atoms with Gasteiger partial charge in [-0.05, 0) is 49.5 Å². The van der Waals surface area contributed by atoms with Gasteiger partial charge in [-0.2, -0.15) is 0 Å². The molecule has 3 aliphatic carbocycles. The molecule has 2 N–H and O–H groups in total. The molecule has 0 saturated heterocycles. The van der Waals surface area contributed by atoms with Crippen molar-refractivity contribution in [1.29, 1.82) is 0 Å². The Kier molecular flexibility index (Phi) is 4.27. The Morgan fingerprint density at radius 1 is 1.11 bits per heavy atom. The number of H-pyrrole nitrogens is 1. The molecule has 2 bridgehead atoms. The van der Waals surface area contributed by atoms with Gasteiger partial charge in [-0.15, -0.1) is 0 Å². The van der Waals surface area contributed by atoms with E-state index in [-0.39, 0.29) is 17.6 Å². The minimum absolute atomic E-state index is 0.0906. The van der Waals surface area contributed by atoms with Crippen molar-refractivity contribution in [2.45, 2.75) is 38.6 Å².